The Morgan fingerprint density at radius 3 is 2.29 bits per heavy atom. The van der Waals surface area contributed by atoms with Gasteiger partial charge in [0.15, 0.2) is 5.78 Å². The van der Waals surface area contributed by atoms with Gasteiger partial charge in [-0.25, -0.2) is 0 Å². The maximum absolute atomic E-state index is 11.8. The molecule has 0 heterocycles. The van der Waals surface area contributed by atoms with Gasteiger partial charge in [0.2, 0.25) is 0 Å². The number of carbonyl (C=O) groups excluding carboxylic acids is 1. The van der Waals surface area contributed by atoms with Crippen LogP contribution in [0.5, 0.6) is 0 Å². The van der Waals surface area contributed by atoms with E-state index in [-0.39, 0.29) is 5.78 Å². The lowest BCUT2D eigenvalue weighted by atomic mass is 10.0. The van der Waals surface area contributed by atoms with Gasteiger partial charge < -0.3 is 4.90 Å². The van der Waals surface area contributed by atoms with Crippen LogP contribution in [0.25, 0.3) is 0 Å². The van der Waals surface area contributed by atoms with E-state index in [0.29, 0.717) is 6.42 Å². The summed E-state index contributed by atoms with van der Waals surface area (Å²) >= 11 is 0. The van der Waals surface area contributed by atoms with Crippen molar-refractivity contribution >= 4 is 5.78 Å². The number of ketones is 1. The zero-order valence-corrected chi connectivity index (χ0v) is 11.2. The fraction of sp³-hybridized carbons (Fsp3) is 0.533. The van der Waals surface area contributed by atoms with Crippen LogP contribution in [0.2, 0.25) is 0 Å². The Balaban J connectivity index is 2.23. The van der Waals surface area contributed by atoms with E-state index in [1.807, 2.05) is 31.2 Å². The van der Waals surface area contributed by atoms with Gasteiger partial charge in [0, 0.05) is 12.0 Å². The van der Waals surface area contributed by atoms with Gasteiger partial charge in [-0.2, -0.15) is 0 Å². The first-order valence-corrected chi connectivity index (χ1v) is 6.34. The van der Waals surface area contributed by atoms with E-state index in [1.165, 1.54) is 12.0 Å². The maximum atomic E-state index is 11.8. The van der Waals surface area contributed by atoms with Gasteiger partial charge in [-0.05, 0) is 40.4 Å². The Hall–Kier alpha value is -1.15. The predicted octanol–water partition coefficient (Wildman–Crippen LogP) is 3.30. The molecule has 0 aliphatic heterocycles. The van der Waals surface area contributed by atoms with Crippen molar-refractivity contribution in [3.05, 3.63) is 35.4 Å². The summed E-state index contributed by atoms with van der Waals surface area (Å²) in [5.74, 6) is 0.273. The number of hydrogen-bond donors (Lipinski definition) is 0. The third-order valence-corrected chi connectivity index (χ3v) is 2.88. The Kier molecular flexibility index (Phi) is 5.92. The van der Waals surface area contributed by atoms with E-state index in [4.69, 9.17) is 0 Å². The van der Waals surface area contributed by atoms with Crippen LogP contribution in [-0.2, 0) is 0 Å². The Labute approximate surface area is 105 Å². The summed E-state index contributed by atoms with van der Waals surface area (Å²) in [6.45, 7) is 3.15. The first-order chi connectivity index (χ1) is 8.09. The number of unbranched alkanes of at least 4 members (excludes halogenated alkanes) is 2. The molecule has 2 nitrogen and oxygen atoms in total. The number of nitrogens with zero attached hydrogens (tertiary/aromatic N) is 1. The number of Topliss-reactive ketones (excluding diaryl/α,β-unsaturated/α-hetero) is 1. The molecule has 0 N–H and O–H groups in total. The molecule has 0 bridgehead atoms. The van der Waals surface area contributed by atoms with Crippen LogP contribution in [0.15, 0.2) is 24.3 Å². The van der Waals surface area contributed by atoms with Crippen LogP contribution >= 0.6 is 0 Å². The molecule has 1 aromatic carbocycles. The van der Waals surface area contributed by atoms with Gasteiger partial charge in [-0.1, -0.05) is 36.2 Å². The number of aryl methyl sites for hydroxylation is 1. The molecule has 0 unspecified atom stereocenters. The van der Waals surface area contributed by atoms with Gasteiger partial charge in [-0.15, -0.1) is 0 Å². The smallest absolute Gasteiger partial charge is 0.162 e. The lowest BCUT2D eigenvalue weighted by molar-refractivity contribution is 0.0979. The number of carbonyl (C=O) groups is 1. The van der Waals surface area contributed by atoms with Crippen molar-refractivity contribution in [3.63, 3.8) is 0 Å². The van der Waals surface area contributed by atoms with Gasteiger partial charge in [0.05, 0.1) is 0 Å². The molecular formula is C15H23NO. The summed E-state index contributed by atoms with van der Waals surface area (Å²) < 4.78 is 0. The van der Waals surface area contributed by atoms with Crippen molar-refractivity contribution in [2.75, 3.05) is 20.6 Å². The average Bonchev–Trinajstić information content (AvgIpc) is 2.29. The highest BCUT2D eigenvalue weighted by molar-refractivity contribution is 5.96. The summed E-state index contributed by atoms with van der Waals surface area (Å²) in [5.41, 5.74) is 2.05. The molecule has 1 aromatic rings. The lowest BCUT2D eigenvalue weighted by Crippen LogP contribution is -2.12. The van der Waals surface area contributed by atoms with Crippen LogP contribution in [0.3, 0.4) is 0 Å². The average molecular weight is 233 g/mol. The van der Waals surface area contributed by atoms with Crippen molar-refractivity contribution < 1.29 is 4.79 Å². The van der Waals surface area contributed by atoms with E-state index in [0.717, 1.165) is 24.9 Å². The third-order valence-electron chi connectivity index (χ3n) is 2.88. The van der Waals surface area contributed by atoms with Crippen LogP contribution in [0.1, 0.15) is 41.6 Å². The van der Waals surface area contributed by atoms with Crippen molar-refractivity contribution in [2.45, 2.75) is 32.6 Å². The monoisotopic (exact) mass is 233 g/mol. The second-order valence-corrected chi connectivity index (χ2v) is 4.90. The van der Waals surface area contributed by atoms with Crippen molar-refractivity contribution in [1.29, 1.82) is 0 Å². The maximum Gasteiger partial charge on any atom is 0.162 e. The van der Waals surface area contributed by atoms with Gasteiger partial charge in [0.25, 0.3) is 0 Å². The second kappa shape index (κ2) is 7.23. The molecule has 0 saturated heterocycles. The largest absolute Gasteiger partial charge is 0.309 e. The van der Waals surface area contributed by atoms with E-state index >= 15 is 0 Å². The molecule has 2 heteroatoms. The summed E-state index contributed by atoms with van der Waals surface area (Å²) in [7, 11) is 4.16. The molecule has 0 fully saturated rings. The van der Waals surface area contributed by atoms with Crippen molar-refractivity contribution in [1.82, 2.24) is 4.90 Å². The molecule has 0 radical (unpaired) electrons. The van der Waals surface area contributed by atoms with Crippen molar-refractivity contribution in [2.24, 2.45) is 0 Å². The molecular weight excluding hydrogens is 210 g/mol. The first kappa shape index (κ1) is 13.9. The van der Waals surface area contributed by atoms with E-state index in [2.05, 4.69) is 19.0 Å². The number of hydrogen-bond acceptors (Lipinski definition) is 2. The normalized spacial score (nSPS) is 10.8. The molecule has 94 valence electrons. The molecule has 0 aromatic heterocycles. The fourth-order valence-electron chi connectivity index (χ4n) is 1.77. The SMILES string of the molecule is Cc1ccc(C(=O)CCCCCN(C)C)cc1. The Bertz CT molecular complexity index is 340. The molecule has 0 spiro atoms. The minimum Gasteiger partial charge on any atom is -0.309 e. The molecule has 0 aliphatic carbocycles. The fourth-order valence-corrected chi connectivity index (χ4v) is 1.77. The van der Waals surface area contributed by atoms with Crippen LogP contribution in [-0.4, -0.2) is 31.3 Å². The first-order valence-electron chi connectivity index (χ1n) is 6.34. The van der Waals surface area contributed by atoms with Gasteiger partial charge >= 0.3 is 0 Å². The third kappa shape index (κ3) is 5.64. The molecule has 17 heavy (non-hydrogen) atoms. The highest BCUT2D eigenvalue weighted by Gasteiger charge is 2.04. The van der Waals surface area contributed by atoms with Crippen LogP contribution in [0, 0.1) is 6.92 Å². The second-order valence-electron chi connectivity index (χ2n) is 4.90. The molecule has 0 aliphatic rings. The van der Waals surface area contributed by atoms with E-state index in [1.54, 1.807) is 0 Å². The summed E-state index contributed by atoms with van der Waals surface area (Å²) in [6, 6.07) is 7.85. The van der Waals surface area contributed by atoms with E-state index in [9.17, 15) is 4.79 Å². The van der Waals surface area contributed by atoms with Crippen molar-refractivity contribution in [3.8, 4) is 0 Å². The number of rotatable bonds is 7. The standard InChI is InChI=1S/C15H23NO/c1-13-8-10-14(11-9-13)15(17)7-5-4-6-12-16(2)3/h8-11H,4-7,12H2,1-3H3. The van der Waals surface area contributed by atoms with E-state index < -0.39 is 0 Å². The summed E-state index contributed by atoms with van der Waals surface area (Å²) in [5, 5.41) is 0. The summed E-state index contributed by atoms with van der Waals surface area (Å²) in [6.07, 6.45) is 3.99. The minimum atomic E-state index is 0.273. The quantitative estimate of drug-likeness (QED) is 0.532. The topological polar surface area (TPSA) is 20.3 Å². The minimum absolute atomic E-state index is 0.273. The zero-order chi connectivity index (χ0) is 12.7. The Morgan fingerprint density at radius 1 is 1.06 bits per heavy atom. The molecule has 0 atom stereocenters. The zero-order valence-electron chi connectivity index (χ0n) is 11.2. The number of benzene rings is 1. The predicted molar refractivity (Wildman–Crippen MR) is 72.5 cm³/mol. The molecule has 1 rings (SSSR count). The Morgan fingerprint density at radius 2 is 1.71 bits per heavy atom. The van der Waals surface area contributed by atoms with Crippen LogP contribution < -0.4 is 0 Å². The highest BCUT2D eigenvalue weighted by Crippen LogP contribution is 2.09. The highest BCUT2D eigenvalue weighted by atomic mass is 16.1. The summed E-state index contributed by atoms with van der Waals surface area (Å²) in [4.78, 5) is 14.0. The molecule has 0 amide bonds. The van der Waals surface area contributed by atoms with Crippen LogP contribution in [0.4, 0.5) is 0 Å². The molecule has 0 saturated carbocycles. The van der Waals surface area contributed by atoms with Gasteiger partial charge in [-0.3, -0.25) is 4.79 Å². The van der Waals surface area contributed by atoms with Gasteiger partial charge in [0.1, 0.15) is 0 Å². The lowest BCUT2D eigenvalue weighted by Gasteiger charge is -2.08.